The molecule has 306 valence electrons. The zero-order valence-electron chi connectivity index (χ0n) is 33.0. The van der Waals surface area contributed by atoms with Crippen LogP contribution in [-0.2, 0) is 16.1 Å². The molecule has 2 N–H and O–H groups in total. The third kappa shape index (κ3) is 7.27. The Balaban J connectivity index is 0.758. The van der Waals surface area contributed by atoms with Crippen LogP contribution in [0, 0.1) is 11.7 Å². The van der Waals surface area contributed by atoms with Crippen LogP contribution in [0.1, 0.15) is 90.2 Å². The Morgan fingerprint density at radius 1 is 0.898 bits per heavy atom. The molecule has 0 radical (unpaired) electrons. The number of hydrogen-bond acceptors (Lipinski definition) is 10. The lowest BCUT2D eigenvalue weighted by atomic mass is 9.94. The summed E-state index contributed by atoms with van der Waals surface area (Å²) < 4.78 is 19.2. The predicted molar refractivity (Wildman–Crippen MR) is 219 cm³/mol. The number of hydrogen-bond donors (Lipinski definition) is 2. The fourth-order valence-corrected chi connectivity index (χ4v) is 9.78. The maximum Gasteiger partial charge on any atom is 0.274 e. The second-order valence-corrected chi connectivity index (χ2v) is 16.8. The molecule has 0 saturated carbocycles. The highest BCUT2D eigenvalue weighted by Gasteiger charge is 2.41. The number of benzene rings is 2. The number of aromatic nitrogens is 5. The van der Waals surface area contributed by atoms with Crippen molar-refractivity contribution in [2.45, 2.75) is 76.4 Å². The van der Waals surface area contributed by atoms with Gasteiger partial charge in [-0.25, -0.2) is 13.9 Å². The Bertz CT molecular complexity index is 2460. The Morgan fingerprint density at radius 3 is 2.51 bits per heavy atom. The number of piperidine rings is 4. The maximum atomic E-state index is 15.4. The van der Waals surface area contributed by atoms with E-state index in [0.717, 1.165) is 107 Å². The SMILES string of the molecule is O=C1CCC(N2Cc3c(F)cc(N4CCC(CN5CCC(n6cc7cc(NC(=O)c8ccn9nccc9n8)c(N8CCCCC8)cc7n6)CC5)CC4)cc3C2=O)C(=O)N1. The van der Waals surface area contributed by atoms with E-state index in [9.17, 15) is 19.2 Å². The van der Waals surface area contributed by atoms with Crippen LogP contribution in [0.25, 0.3) is 16.6 Å². The summed E-state index contributed by atoms with van der Waals surface area (Å²) in [4.78, 5) is 64.0. The van der Waals surface area contributed by atoms with E-state index in [0.29, 0.717) is 34.1 Å². The molecule has 5 aliphatic heterocycles. The quantitative estimate of drug-likeness (QED) is 0.210. The van der Waals surface area contributed by atoms with Crippen molar-refractivity contribution in [2.75, 3.05) is 60.9 Å². The molecule has 59 heavy (non-hydrogen) atoms. The fraction of sp³-hybridized carbons (Fsp3) is 0.465. The van der Waals surface area contributed by atoms with E-state index < -0.39 is 17.8 Å². The molecule has 0 aliphatic carbocycles. The minimum atomic E-state index is -0.767. The number of nitrogens with zero attached hydrogens (tertiary/aromatic N) is 9. The number of nitrogens with one attached hydrogen (secondary N) is 2. The van der Waals surface area contributed by atoms with Gasteiger partial charge in [-0.2, -0.15) is 10.2 Å². The van der Waals surface area contributed by atoms with Crippen molar-refractivity contribution in [2.24, 2.45) is 5.92 Å². The number of rotatable bonds is 8. The monoisotopic (exact) mass is 801 g/mol. The standard InChI is InChI=1S/C43H48FN11O4/c44-33-22-30(21-31-32(33)26-53(43(31)59)37-4-5-40(56)48-42(37)58)51-17-7-27(8-18-51)24-50-15-9-29(10-16-50)55-25-28-20-36(38(23-35(28)49-55)52-13-2-1-3-14-52)47-41(57)34-11-19-54-39(46-34)6-12-45-54/h6,11-12,19-23,25,27,29,37H,1-5,7-10,13-18,24,26H2,(H,47,57)(H,48,56,58). The first kappa shape index (κ1) is 37.4. The van der Waals surface area contributed by atoms with Gasteiger partial charge in [0.1, 0.15) is 17.6 Å². The molecule has 4 saturated heterocycles. The van der Waals surface area contributed by atoms with Gasteiger partial charge < -0.3 is 24.9 Å². The van der Waals surface area contributed by atoms with Gasteiger partial charge in [0.2, 0.25) is 11.8 Å². The first-order valence-electron chi connectivity index (χ1n) is 21.1. The van der Waals surface area contributed by atoms with E-state index in [1.165, 1.54) is 17.4 Å². The van der Waals surface area contributed by atoms with Crippen molar-refractivity contribution in [3.8, 4) is 0 Å². The predicted octanol–water partition coefficient (Wildman–Crippen LogP) is 4.78. The Labute approximate surface area is 340 Å². The Morgan fingerprint density at radius 2 is 1.71 bits per heavy atom. The number of carbonyl (C=O) groups excluding carboxylic acids is 4. The Kier molecular flexibility index (Phi) is 9.73. The molecule has 1 unspecified atom stereocenters. The molecule has 3 aromatic heterocycles. The van der Waals surface area contributed by atoms with Gasteiger partial charge in [-0.05, 0) is 87.6 Å². The van der Waals surface area contributed by atoms with Crippen LogP contribution in [0.15, 0.2) is 55.0 Å². The minimum absolute atomic E-state index is 0.0342. The van der Waals surface area contributed by atoms with E-state index in [-0.39, 0.29) is 43.1 Å². The van der Waals surface area contributed by atoms with Crippen LogP contribution in [0.3, 0.4) is 0 Å². The van der Waals surface area contributed by atoms with E-state index >= 15 is 4.39 Å². The van der Waals surface area contributed by atoms with Crippen molar-refractivity contribution in [3.05, 3.63) is 77.6 Å². The topological polar surface area (TPSA) is 153 Å². The molecular formula is C43H48FN11O4. The highest BCUT2D eigenvalue weighted by Crippen LogP contribution is 2.37. The average molecular weight is 802 g/mol. The lowest BCUT2D eigenvalue weighted by molar-refractivity contribution is -0.136. The number of amides is 4. The summed E-state index contributed by atoms with van der Waals surface area (Å²) in [5.74, 6) is -1.36. The third-order valence-corrected chi connectivity index (χ3v) is 13.1. The third-order valence-electron chi connectivity index (χ3n) is 13.1. The number of imide groups is 1. The number of halogens is 1. The normalized spacial score (nSPS) is 21.1. The largest absolute Gasteiger partial charge is 0.371 e. The highest BCUT2D eigenvalue weighted by molar-refractivity contribution is 6.07. The molecule has 5 aromatic rings. The van der Waals surface area contributed by atoms with Crippen molar-refractivity contribution < 1.29 is 23.6 Å². The zero-order valence-corrected chi connectivity index (χ0v) is 33.0. The van der Waals surface area contributed by atoms with Crippen molar-refractivity contribution in [1.29, 1.82) is 0 Å². The summed E-state index contributed by atoms with van der Waals surface area (Å²) in [6, 6.07) is 10.5. The van der Waals surface area contributed by atoms with Crippen molar-refractivity contribution in [3.63, 3.8) is 0 Å². The Hall–Kier alpha value is -5.90. The van der Waals surface area contributed by atoms with Gasteiger partial charge in [0.25, 0.3) is 11.8 Å². The van der Waals surface area contributed by atoms with Crippen molar-refractivity contribution >= 4 is 57.2 Å². The summed E-state index contributed by atoms with van der Waals surface area (Å²) in [5.41, 5.74) is 4.98. The first-order chi connectivity index (χ1) is 28.7. The molecule has 4 amide bonds. The summed E-state index contributed by atoms with van der Waals surface area (Å²) in [6.07, 6.45) is 13.3. The second-order valence-electron chi connectivity index (χ2n) is 16.8. The first-order valence-corrected chi connectivity index (χ1v) is 21.1. The highest BCUT2D eigenvalue weighted by atomic mass is 19.1. The minimum Gasteiger partial charge on any atom is -0.371 e. The van der Waals surface area contributed by atoms with Gasteiger partial charge in [0.15, 0.2) is 5.65 Å². The molecule has 16 heteroatoms. The molecule has 8 heterocycles. The van der Waals surface area contributed by atoms with Crippen LogP contribution in [0.4, 0.5) is 21.5 Å². The average Bonchev–Trinajstić information content (AvgIpc) is 3.98. The van der Waals surface area contributed by atoms with E-state index in [4.69, 9.17) is 5.10 Å². The summed E-state index contributed by atoms with van der Waals surface area (Å²) >= 11 is 0. The molecule has 1 atom stereocenters. The summed E-state index contributed by atoms with van der Waals surface area (Å²) in [7, 11) is 0. The van der Waals surface area contributed by atoms with Gasteiger partial charge >= 0.3 is 0 Å². The molecule has 0 spiro atoms. The van der Waals surface area contributed by atoms with Crippen LogP contribution in [0.2, 0.25) is 0 Å². The lowest BCUT2D eigenvalue weighted by Gasteiger charge is -2.38. The number of carbonyl (C=O) groups is 4. The van der Waals surface area contributed by atoms with Gasteiger partial charge in [-0.1, -0.05) is 0 Å². The molecule has 5 aliphatic rings. The van der Waals surface area contributed by atoms with Gasteiger partial charge in [-0.15, -0.1) is 0 Å². The second kappa shape index (κ2) is 15.4. The molecule has 15 nitrogen and oxygen atoms in total. The van der Waals surface area contributed by atoms with Crippen LogP contribution in [0.5, 0.6) is 0 Å². The van der Waals surface area contributed by atoms with Crippen LogP contribution < -0.4 is 20.4 Å². The molecule has 0 bridgehead atoms. The van der Waals surface area contributed by atoms with Crippen LogP contribution in [-0.4, -0.2) is 110 Å². The summed E-state index contributed by atoms with van der Waals surface area (Å²) in [5, 5.41) is 15.8. The molecular weight excluding hydrogens is 754 g/mol. The molecule has 4 fully saturated rings. The lowest BCUT2D eigenvalue weighted by Crippen LogP contribution is -2.52. The number of anilines is 3. The number of fused-ring (bicyclic) bond motifs is 3. The zero-order chi connectivity index (χ0) is 40.2. The van der Waals surface area contributed by atoms with Gasteiger partial charge in [0, 0.05) is 92.9 Å². The van der Waals surface area contributed by atoms with Crippen LogP contribution >= 0.6 is 0 Å². The maximum absolute atomic E-state index is 15.4. The molecule has 10 rings (SSSR count). The van der Waals surface area contributed by atoms with Gasteiger partial charge in [0.05, 0.1) is 35.7 Å². The summed E-state index contributed by atoms with van der Waals surface area (Å²) in [6.45, 7) is 6.46. The van der Waals surface area contributed by atoms with Crippen molar-refractivity contribution in [1.82, 2.24) is 39.5 Å². The smallest absolute Gasteiger partial charge is 0.274 e. The molecule has 2 aromatic carbocycles. The number of likely N-dealkylation sites (tertiary alicyclic amines) is 1. The van der Waals surface area contributed by atoms with E-state index in [1.54, 1.807) is 35.1 Å². The fourth-order valence-electron chi connectivity index (χ4n) is 9.78. The van der Waals surface area contributed by atoms with Gasteiger partial charge in [-0.3, -0.25) is 29.2 Å². The van der Waals surface area contributed by atoms with E-state index in [1.807, 2.05) is 0 Å². The van der Waals surface area contributed by atoms with E-state index in [2.05, 4.69) is 58.4 Å².